The largest absolute Gasteiger partial charge is 0.456 e. The zero-order valence-electron chi connectivity index (χ0n) is 10.7. The van der Waals surface area contributed by atoms with Crippen molar-refractivity contribution in [1.82, 2.24) is 0 Å². The average molecular weight is 224 g/mol. The van der Waals surface area contributed by atoms with Crippen molar-refractivity contribution in [2.75, 3.05) is 0 Å². The minimum absolute atomic E-state index is 0.994. The molecular formula is C16H16O. The number of hydrogen-bond acceptors (Lipinski definition) is 1. The molecule has 1 nitrogen and oxygen atoms in total. The third kappa shape index (κ3) is 1.46. The van der Waals surface area contributed by atoms with Crippen molar-refractivity contribution in [1.29, 1.82) is 0 Å². The predicted octanol–water partition coefficient (Wildman–Crippen LogP) is 4.82. The van der Waals surface area contributed by atoms with Gasteiger partial charge in [-0.25, -0.2) is 0 Å². The Hall–Kier alpha value is -1.76. The van der Waals surface area contributed by atoms with Crippen LogP contribution in [0.2, 0.25) is 0 Å². The van der Waals surface area contributed by atoms with E-state index >= 15 is 0 Å². The topological polar surface area (TPSA) is 13.1 Å². The lowest BCUT2D eigenvalue weighted by atomic mass is 10.0. The number of rotatable bonds is 0. The highest BCUT2D eigenvalue weighted by atomic mass is 16.3. The number of aryl methyl sites for hydroxylation is 4. The zero-order chi connectivity index (χ0) is 12.2. The van der Waals surface area contributed by atoms with E-state index in [1.54, 1.807) is 0 Å². The van der Waals surface area contributed by atoms with Crippen molar-refractivity contribution < 1.29 is 4.42 Å². The van der Waals surface area contributed by atoms with E-state index in [9.17, 15) is 0 Å². The Balaban J connectivity index is 2.51. The lowest BCUT2D eigenvalue weighted by Crippen LogP contribution is -1.80. The summed E-state index contributed by atoms with van der Waals surface area (Å²) in [5.41, 5.74) is 7.19. The molecule has 2 aromatic carbocycles. The first-order valence-corrected chi connectivity index (χ1v) is 5.97. The van der Waals surface area contributed by atoms with Gasteiger partial charge in [0.25, 0.3) is 0 Å². The van der Waals surface area contributed by atoms with Crippen molar-refractivity contribution in [3.63, 3.8) is 0 Å². The summed E-state index contributed by atoms with van der Waals surface area (Å²) in [4.78, 5) is 0. The highest BCUT2D eigenvalue weighted by Gasteiger charge is 2.09. The quantitative estimate of drug-likeness (QED) is 0.533. The number of fused-ring (bicyclic) bond motifs is 3. The first-order chi connectivity index (χ1) is 8.06. The van der Waals surface area contributed by atoms with Crippen LogP contribution in [0.1, 0.15) is 22.3 Å². The minimum atomic E-state index is 0.994. The van der Waals surface area contributed by atoms with Gasteiger partial charge < -0.3 is 4.42 Å². The molecule has 0 unspecified atom stereocenters. The molecular weight excluding hydrogens is 208 g/mol. The molecule has 1 aromatic heterocycles. The highest BCUT2D eigenvalue weighted by molar-refractivity contribution is 6.05. The molecule has 3 aromatic rings. The Morgan fingerprint density at radius 1 is 0.588 bits per heavy atom. The summed E-state index contributed by atoms with van der Waals surface area (Å²) in [5.74, 6) is 0. The van der Waals surface area contributed by atoms with E-state index in [4.69, 9.17) is 4.42 Å². The molecule has 0 aliphatic rings. The van der Waals surface area contributed by atoms with E-state index in [-0.39, 0.29) is 0 Å². The Labute approximate surface area is 101 Å². The summed E-state index contributed by atoms with van der Waals surface area (Å²) in [6.07, 6.45) is 0. The van der Waals surface area contributed by atoms with Gasteiger partial charge >= 0.3 is 0 Å². The van der Waals surface area contributed by atoms with Crippen LogP contribution in [-0.2, 0) is 0 Å². The van der Waals surface area contributed by atoms with Crippen molar-refractivity contribution in [3.8, 4) is 0 Å². The van der Waals surface area contributed by atoms with Crippen LogP contribution in [0.25, 0.3) is 21.9 Å². The molecule has 0 amide bonds. The molecule has 0 fully saturated rings. The molecule has 17 heavy (non-hydrogen) atoms. The molecule has 0 saturated heterocycles. The fraction of sp³-hybridized carbons (Fsp3) is 0.250. The van der Waals surface area contributed by atoms with Crippen molar-refractivity contribution in [2.24, 2.45) is 0 Å². The van der Waals surface area contributed by atoms with Crippen molar-refractivity contribution in [2.45, 2.75) is 27.7 Å². The van der Waals surface area contributed by atoms with E-state index in [1.807, 2.05) is 0 Å². The summed E-state index contributed by atoms with van der Waals surface area (Å²) >= 11 is 0. The second-order valence-corrected chi connectivity index (χ2v) is 4.97. The zero-order valence-corrected chi connectivity index (χ0v) is 10.7. The maximum atomic E-state index is 5.92. The summed E-state index contributed by atoms with van der Waals surface area (Å²) in [6.45, 7) is 8.54. The maximum absolute atomic E-state index is 5.92. The van der Waals surface area contributed by atoms with Gasteiger partial charge in [0.2, 0.25) is 0 Å². The van der Waals surface area contributed by atoms with Crippen molar-refractivity contribution in [3.05, 3.63) is 46.5 Å². The van der Waals surface area contributed by atoms with Crippen LogP contribution >= 0.6 is 0 Å². The van der Waals surface area contributed by atoms with Crippen LogP contribution in [0.5, 0.6) is 0 Å². The normalized spacial score (nSPS) is 11.5. The summed E-state index contributed by atoms with van der Waals surface area (Å²) in [5, 5.41) is 2.46. The molecule has 1 heterocycles. The molecule has 0 bridgehead atoms. The lowest BCUT2D eigenvalue weighted by molar-refractivity contribution is 0.668. The van der Waals surface area contributed by atoms with E-state index in [1.165, 1.54) is 33.0 Å². The molecule has 1 heteroatoms. The van der Waals surface area contributed by atoms with Gasteiger partial charge in [0.1, 0.15) is 11.2 Å². The van der Waals surface area contributed by atoms with Gasteiger partial charge in [0.15, 0.2) is 0 Å². The fourth-order valence-electron chi connectivity index (χ4n) is 2.29. The van der Waals surface area contributed by atoms with Gasteiger partial charge in [0, 0.05) is 10.8 Å². The average Bonchev–Trinajstić information content (AvgIpc) is 2.58. The molecule has 0 atom stereocenters. The molecule has 0 spiro atoms. The molecule has 0 radical (unpaired) electrons. The van der Waals surface area contributed by atoms with Crippen molar-refractivity contribution >= 4 is 21.9 Å². The summed E-state index contributed by atoms with van der Waals surface area (Å²) in [7, 11) is 0. The smallest absolute Gasteiger partial charge is 0.135 e. The van der Waals surface area contributed by atoms with Crippen LogP contribution in [0.4, 0.5) is 0 Å². The summed E-state index contributed by atoms with van der Waals surface area (Å²) in [6, 6.07) is 8.72. The molecule has 0 aliphatic carbocycles. The van der Waals surface area contributed by atoms with Gasteiger partial charge in [-0.1, -0.05) is 0 Å². The van der Waals surface area contributed by atoms with Crippen LogP contribution in [0, 0.1) is 27.7 Å². The third-order valence-electron chi connectivity index (χ3n) is 3.70. The van der Waals surface area contributed by atoms with Gasteiger partial charge in [0.05, 0.1) is 0 Å². The standard InChI is InChI=1S/C16H16O/c1-9-5-13-14-6-10(2)12(4)8-16(14)17-15(13)7-11(9)3/h5-8H,1-4H3. The SMILES string of the molecule is Cc1cc2oc3cc(C)c(C)cc3c2cc1C. The van der Waals surface area contributed by atoms with Crippen LogP contribution in [-0.4, -0.2) is 0 Å². The van der Waals surface area contributed by atoms with Gasteiger partial charge in [-0.05, 0) is 74.2 Å². The Kier molecular flexibility index (Phi) is 2.06. The lowest BCUT2D eigenvalue weighted by Gasteiger charge is -1.99. The Morgan fingerprint density at radius 2 is 0.941 bits per heavy atom. The van der Waals surface area contributed by atoms with Gasteiger partial charge in [-0.3, -0.25) is 0 Å². The monoisotopic (exact) mass is 224 g/mol. The van der Waals surface area contributed by atoms with E-state index in [0.29, 0.717) is 0 Å². The molecule has 0 N–H and O–H groups in total. The van der Waals surface area contributed by atoms with Gasteiger partial charge in [-0.15, -0.1) is 0 Å². The summed E-state index contributed by atoms with van der Waals surface area (Å²) < 4.78 is 5.92. The fourth-order valence-corrected chi connectivity index (χ4v) is 2.29. The number of hydrogen-bond donors (Lipinski definition) is 0. The maximum Gasteiger partial charge on any atom is 0.135 e. The number of furan rings is 1. The van der Waals surface area contributed by atoms with E-state index in [2.05, 4.69) is 52.0 Å². The van der Waals surface area contributed by atoms with E-state index in [0.717, 1.165) is 11.2 Å². The predicted molar refractivity (Wildman–Crippen MR) is 72.7 cm³/mol. The minimum Gasteiger partial charge on any atom is -0.456 e. The molecule has 86 valence electrons. The number of benzene rings is 2. The molecule has 0 aliphatic heterocycles. The Morgan fingerprint density at radius 3 is 1.35 bits per heavy atom. The van der Waals surface area contributed by atoms with E-state index < -0.39 is 0 Å². The molecule has 3 rings (SSSR count). The Bertz CT molecular complexity index is 670. The first kappa shape index (κ1) is 10.4. The highest BCUT2D eigenvalue weighted by Crippen LogP contribution is 2.32. The first-order valence-electron chi connectivity index (χ1n) is 5.97. The second kappa shape index (κ2) is 3.36. The van der Waals surface area contributed by atoms with Crippen LogP contribution in [0.15, 0.2) is 28.7 Å². The van der Waals surface area contributed by atoms with Crippen LogP contribution in [0.3, 0.4) is 0 Å². The molecule has 0 saturated carbocycles. The van der Waals surface area contributed by atoms with Crippen LogP contribution < -0.4 is 0 Å². The van der Waals surface area contributed by atoms with Gasteiger partial charge in [-0.2, -0.15) is 0 Å². The third-order valence-corrected chi connectivity index (χ3v) is 3.70. The second-order valence-electron chi connectivity index (χ2n) is 4.97.